The first-order valence-electron chi connectivity index (χ1n) is 3.44. The molecule has 0 aliphatic rings. The van der Waals surface area contributed by atoms with Crippen LogP contribution in [0.2, 0.25) is 0 Å². The molecule has 1 aromatic rings. The maximum absolute atomic E-state index is 11.9. The van der Waals surface area contributed by atoms with Crippen LogP contribution in [-0.4, -0.2) is 29.1 Å². The van der Waals surface area contributed by atoms with Crippen molar-refractivity contribution in [3.05, 3.63) is 11.7 Å². The third kappa shape index (κ3) is 2.69. The van der Waals surface area contributed by atoms with Gasteiger partial charge in [0.2, 0.25) is 5.89 Å². The Balaban J connectivity index is 2.75. The molecular weight excluding hydrogens is 187 g/mol. The van der Waals surface area contributed by atoms with E-state index in [1.807, 2.05) is 0 Å². The molecule has 0 amide bonds. The average molecular weight is 195 g/mol. The van der Waals surface area contributed by atoms with Crippen molar-refractivity contribution < 1.29 is 17.7 Å². The van der Waals surface area contributed by atoms with E-state index in [9.17, 15) is 13.2 Å². The Kier molecular flexibility index (Phi) is 2.55. The van der Waals surface area contributed by atoms with Gasteiger partial charge in [-0.15, -0.1) is 0 Å². The summed E-state index contributed by atoms with van der Waals surface area (Å²) in [4.78, 5) is 4.81. The Bertz CT molecular complexity index is 281. The molecule has 0 fully saturated rings. The molecule has 1 rings (SSSR count). The molecule has 7 heteroatoms. The van der Waals surface area contributed by atoms with E-state index in [1.54, 1.807) is 19.0 Å². The summed E-state index contributed by atoms with van der Waals surface area (Å²) < 4.78 is 40.2. The van der Waals surface area contributed by atoms with Crippen molar-refractivity contribution >= 4 is 0 Å². The van der Waals surface area contributed by atoms with Crippen LogP contribution in [0.3, 0.4) is 0 Å². The van der Waals surface area contributed by atoms with Gasteiger partial charge in [0.1, 0.15) is 0 Å². The number of halogens is 3. The Morgan fingerprint density at radius 1 is 1.38 bits per heavy atom. The van der Waals surface area contributed by atoms with Crippen LogP contribution in [0.4, 0.5) is 13.2 Å². The van der Waals surface area contributed by atoms with Crippen molar-refractivity contribution in [3.63, 3.8) is 0 Å². The summed E-state index contributed by atoms with van der Waals surface area (Å²) in [6, 6.07) is 0. The quantitative estimate of drug-likeness (QED) is 0.709. The molecule has 0 aliphatic heterocycles. The average Bonchev–Trinajstić information content (AvgIpc) is 2.32. The van der Waals surface area contributed by atoms with Gasteiger partial charge in [-0.1, -0.05) is 5.16 Å². The van der Waals surface area contributed by atoms with Gasteiger partial charge in [0.15, 0.2) is 0 Å². The monoisotopic (exact) mass is 195 g/mol. The van der Waals surface area contributed by atoms with Crippen molar-refractivity contribution in [2.75, 3.05) is 14.1 Å². The number of alkyl halides is 3. The Morgan fingerprint density at radius 2 is 2.00 bits per heavy atom. The van der Waals surface area contributed by atoms with Gasteiger partial charge in [0.25, 0.3) is 5.82 Å². The van der Waals surface area contributed by atoms with E-state index in [1.165, 1.54) is 0 Å². The summed E-state index contributed by atoms with van der Waals surface area (Å²) in [5.74, 6) is -1.28. The highest BCUT2D eigenvalue weighted by molar-refractivity contribution is 4.90. The largest absolute Gasteiger partial charge is 0.455 e. The van der Waals surface area contributed by atoms with Gasteiger partial charge in [-0.2, -0.15) is 18.2 Å². The molecule has 0 N–H and O–H groups in total. The van der Waals surface area contributed by atoms with Crippen LogP contribution in [-0.2, 0) is 12.7 Å². The summed E-state index contributed by atoms with van der Waals surface area (Å²) >= 11 is 0. The molecule has 1 aromatic heterocycles. The second-order valence-corrected chi connectivity index (χ2v) is 2.75. The van der Waals surface area contributed by atoms with Crippen LogP contribution in [0.5, 0.6) is 0 Å². The lowest BCUT2D eigenvalue weighted by Gasteiger charge is -2.03. The van der Waals surface area contributed by atoms with E-state index in [0.717, 1.165) is 0 Å². The van der Waals surface area contributed by atoms with E-state index < -0.39 is 12.0 Å². The zero-order valence-electron chi connectivity index (χ0n) is 7.09. The molecule has 74 valence electrons. The zero-order valence-corrected chi connectivity index (χ0v) is 7.09. The third-order valence-electron chi connectivity index (χ3n) is 1.17. The van der Waals surface area contributed by atoms with Crippen molar-refractivity contribution in [1.29, 1.82) is 0 Å². The summed E-state index contributed by atoms with van der Waals surface area (Å²) in [6.45, 7) is 0.197. The molecule has 0 saturated carbocycles. The van der Waals surface area contributed by atoms with Crippen LogP contribution in [0.1, 0.15) is 11.7 Å². The molecule has 0 saturated heterocycles. The SMILES string of the molecule is CN(C)Cc1nc(C(F)(F)F)no1. The maximum Gasteiger partial charge on any atom is 0.455 e. The molecule has 0 atom stereocenters. The third-order valence-corrected chi connectivity index (χ3v) is 1.17. The van der Waals surface area contributed by atoms with Gasteiger partial charge in [-0.3, -0.25) is 0 Å². The number of hydrogen-bond acceptors (Lipinski definition) is 4. The first-order chi connectivity index (χ1) is 5.89. The first kappa shape index (κ1) is 9.97. The van der Waals surface area contributed by atoms with Gasteiger partial charge in [0.05, 0.1) is 6.54 Å². The van der Waals surface area contributed by atoms with Gasteiger partial charge in [-0.25, -0.2) is 0 Å². The lowest BCUT2D eigenvalue weighted by molar-refractivity contribution is -0.146. The molecule has 0 aromatic carbocycles. The Hall–Kier alpha value is -1.11. The van der Waals surface area contributed by atoms with E-state index >= 15 is 0 Å². The molecule has 0 spiro atoms. The minimum Gasteiger partial charge on any atom is -0.338 e. The normalized spacial score (nSPS) is 12.5. The lowest BCUT2D eigenvalue weighted by Crippen LogP contribution is -2.12. The van der Waals surface area contributed by atoms with E-state index in [0.29, 0.717) is 0 Å². The van der Waals surface area contributed by atoms with Crippen LogP contribution in [0, 0.1) is 0 Å². The second-order valence-electron chi connectivity index (χ2n) is 2.75. The van der Waals surface area contributed by atoms with Crippen molar-refractivity contribution in [3.8, 4) is 0 Å². The number of nitrogens with zero attached hydrogens (tertiary/aromatic N) is 3. The second kappa shape index (κ2) is 3.33. The minimum atomic E-state index is -4.53. The van der Waals surface area contributed by atoms with Gasteiger partial charge < -0.3 is 9.42 Å². The molecule has 1 heterocycles. The molecular formula is C6H8F3N3O. The highest BCUT2D eigenvalue weighted by Gasteiger charge is 2.37. The highest BCUT2D eigenvalue weighted by Crippen LogP contribution is 2.26. The van der Waals surface area contributed by atoms with Crippen molar-refractivity contribution in [2.24, 2.45) is 0 Å². The first-order valence-corrected chi connectivity index (χ1v) is 3.44. The summed E-state index contributed by atoms with van der Waals surface area (Å²) in [6.07, 6.45) is -4.53. The fourth-order valence-corrected chi connectivity index (χ4v) is 0.705. The Morgan fingerprint density at radius 3 is 2.38 bits per heavy atom. The van der Waals surface area contributed by atoms with E-state index in [-0.39, 0.29) is 12.4 Å². The molecule has 0 unspecified atom stereocenters. The van der Waals surface area contributed by atoms with Crippen LogP contribution >= 0.6 is 0 Å². The predicted octanol–water partition coefficient (Wildman–Crippen LogP) is 1.15. The highest BCUT2D eigenvalue weighted by atomic mass is 19.4. The summed E-state index contributed by atoms with van der Waals surface area (Å²) in [7, 11) is 3.38. The topological polar surface area (TPSA) is 42.2 Å². The standard InChI is InChI=1S/C6H8F3N3O/c1-12(2)3-4-10-5(11-13-4)6(7,8)9/h3H2,1-2H3. The van der Waals surface area contributed by atoms with E-state index in [4.69, 9.17) is 0 Å². The summed E-state index contributed by atoms with van der Waals surface area (Å²) in [5, 5.41) is 2.80. The van der Waals surface area contributed by atoms with Crippen molar-refractivity contribution in [2.45, 2.75) is 12.7 Å². The summed E-state index contributed by atoms with van der Waals surface area (Å²) in [5.41, 5.74) is 0. The molecule has 0 bridgehead atoms. The van der Waals surface area contributed by atoms with Gasteiger partial charge >= 0.3 is 6.18 Å². The molecule has 0 aliphatic carbocycles. The predicted molar refractivity (Wildman–Crippen MR) is 36.7 cm³/mol. The Labute approximate surface area is 72.3 Å². The van der Waals surface area contributed by atoms with Crippen LogP contribution in [0.25, 0.3) is 0 Å². The van der Waals surface area contributed by atoms with Gasteiger partial charge in [0, 0.05) is 0 Å². The van der Waals surface area contributed by atoms with Crippen molar-refractivity contribution in [1.82, 2.24) is 15.0 Å². The zero-order chi connectivity index (χ0) is 10.1. The number of rotatable bonds is 2. The minimum absolute atomic E-state index is 0.0441. The molecule has 4 nitrogen and oxygen atoms in total. The number of aromatic nitrogens is 2. The fraction of sp³-hybridized carbons (Fsp3) is 0.667. The van der Waals surface area contributed by atoms with Crippen LogP contribution in [0.15, 0.2) is 4.52 Å². The van der Waals surface area contributed by atoms with E-state index in [2.05, 4.69) is 14.7 Å². The van der Waals surface area contributed by atoms with Gasteiger partial charge in [-0.05, 0) is 14.1 Å². The number of hydrogen-bond donors (Lipinski definition) is 0. The smallest absolute Gasteiger partial charge is 0.338 e. The van der Waals surface area contributed by atoms with Crippen LogP contribution < -0.4 is 0 Å². The fourth-order valence-electron chi connectivity index (χ4n) is 0.705. The maximum atomic E-state index is 11.9. The molecule has 0 radical (unpaired) electrons. The molecule has 13 heavy (non-hydrogen) atoms. The lowest BCUT2D eigenvalue weighted by atomic mass is 10.5.